The summed E-state index contributed by atoms with van der Waals surface area (Å²) in [5, 5.41) is 3.09. The standard InChI is InChI=1S/C19H23N3O2/c1-19(2,3)24-18(23)22-16-12-9-8-11(10-12)15(16)17-20-13-6-4-5-7-14(13)21-17/h4-9,11-12,15-16H,10H2,1-3H3,(H,20,21)(H,22,23). The zero-order valence-electron chi connectivity index (χ0n) is 14.2. The SMILES string of the molecule is CC(C)(C)OC(=O)NC1C2C=CC(C2)C1c1nc2ccccc2[nH]1. The molecule has 2 aliphatic rings. The monoisotopic (exact) mass is 325 g/mol. The van der Waals surface area contributed by atoms with Crippen LogP contribution in [-0.4, -0.2) is 27.7 Å². The highest BCUT2D eigenvalue weighted by Gasteiger charge is 2.47. The highest BCUT2D eigenvalue weighted by atomic mass is 16.6. The van der Waals surface area contributed by atoms with Crippen LogP contribution in [0.1, 0.15) is 38.9 Å². The van der Waals surface area contributed by atoms with Crippen LogP contribution < -0.4 is 5.32 Å². The number of hydrogen-bond donors (Lipinski definition) is 2. The van der Waals surface area contributed by atoms with Crippen molar-refractivity contribution in [2.45, 2.75) is 44.8 Å². The van der Waals surface area contributed by atoms with Gasteiger partial charge in [0.25, 0.3) is 0 Å². The minimum atomic E-state index is -0.494. The number of amides is 1. The lowest BCUT2D eigenvalue weighted by molar-refractivity contribution is 0.0490. The lowest BCUT2D eigenvalue weighted by atomic mass is 9.88. The zero-order valence-corrected chi connectivity index (χ0v) is 14.2. The largest absolute Gasteiger partial charge is 0.444 e. The fourth-order valence-electron chi connectivity index (χ4n) is 3.97. The fraction of sp³-hybridized carbons (Fsp3) is 0.474. The Morgan fingerprint density at radius 1 is 1.25 bits per heavy atom. The van der Waals surface area contributed by atoms with Gasteiger partial charge in [0.1, 0.15) is 11.4 Å². The van der Waals surface area contributed by atoms with Crippen LogP contribution in [0.4, 0.5) is 4.79 Å². The number of nitrogens with zero attached hydrogens (tertiary/aromatic N) is 1. The predicted octanol–water partition coefficient (Wildman–Crippen LogP) is 3.75. The van der Waals surface area contributed by atoms with Gasteiger partial charge < -0.3 is 15.0 Å². The van der Waals surface area contributed by atoms with Crippen molar-refractivity contribution in [1.82, 2.24) is 15.3 Å². The number of nitrogens with one attached hydrogen (secondary N) is 2. The molecule has 126 valence electrons. The summed E-state index contributed by atoms with van der Waals surface area (Å²) < 4.78 is 5.45. The fourth-order valence-corrected chi connectivity index (χ4v) is 3.97. The Balaban J connectivity index is 1.61. The van der Waals surface area contributed by atoms with Gasteiger partial charge in [0.05, 0.1) is 11.0 Å². The first-order valence-corrected chi connectivity index (χ1v) is 8.53. The maximum absolute atomic E-state index is 12.3. The van der Waals surface area contributed by atoms with E-state index in [1.807, 2.05) is 45.0 Å². The van der Waals surface area contributed by atoms with Gasteiger partial charge in [0, 0.05) is 12.0 Å². The Labute approximate surface area is 141 Å². The molecule has 0 aliphatic heterocycles. The molecule has 0 spiro atoms. The Morgan fingerprint density at radius 2 is 2.00 bits per heavy atom. The van der Waals surface area contributed by atoms with Gasteiger partial charge in [-0.25, -0.2) is 9.78 Å². The molecule has 0 saturated heterocycles. The summed E-state index contributed by atoms with van der Waals surface area (Å²) in [6, 6.07) is 8.06. The predicted molar refractivity (Wildman–Crippen MR) is 92.7 cm³/mol. The number of imidazole rings is 1. The van der Waals surface area contributed by atoms with Gasteiger partial charge in [0.15, 0.2) is 0 Å². The Hall–Kier alpha value is -2.30. The average Bonchev–Trinajstić information content (AvgIpc) is 3.18. The molecule has 1 amide bonds. The van der Waals surface area contributed by atoms with Gasteiger partial charge in [-0.3, -0.25) is 0 Å². The van der Waals surface area contributed by atoms with Crippen molar-refractivity contribution in [3.05, 3.63) is 42.2 Å². The topological polar surface area (TPSA) is 67.0 Å². The number of para-hydroxylation sites is 2. The molecule has 1 heterocycles. The maximum atomic E-state index is 12.3. The van der Waals surface area contributed by atoms with E-state index < -0.39 is 5.60 Å². The quantitative estimate of drug-likeness (QED) is 0.827. The Morgan fingerprint density at radius 3 is 2.75 bits per heavy atom. The zero-order chi connectivity index (χ0) is 16.9. The number of carbonyl (C=O) groups is 1. The second-order valence-corrected chi connectivity index (χ2v) is 7.79. The van der Waals surface area contributed by atoms with Gasteiger partial charge in [0.2, 0.25) is 0 Å². The van der Waals surface area contributed by atoms with Crippen molar-refractivity contribution in [3.8, 4) is 0 Å². The van der Waals surface area contributed by atoms with E-state index >= 15 is 0 Å². The number of rotatable bonds is 2. The molecule has 1 saturated carbocycles. The van der Waals surface area contributed by atoms with Crippen molar-refractivity contribution in [3.63, 3.8) is 0 Å². The molecule has 2 aliphatic carbocycles. The summed E-state index contributed by atoms with van der Waals surface area (Å²) in [4.78, 5) is 20.5. The molecule has 24 heavy (non-hydrogen) atoms. The molecule has 4 atom stereocenters. The minimum Gasteiger partial charge on any atom is -0.444 e. The van der Waals surface area contributed by atoms with Gasteiger partial charge in [-0.15, -0.1) is 0 Å². The Kier molecular flexibility index (Phi) is 3.41. The lowest BCUT2D eigenvalue weighted by Crippen LogP contribution is -2.44. The number of ether oxygens (including phenoxy) is 1. The number of carbonyl (C=O) groups excluding carboxylic acids is 1. The molecule has 1 fully saturated rings. The molecule has 4 unspecified atom stereocenters. The van der Waals surface area contributed by atoms with Crippen LogP contribution in [0.25, 0.3) is 11.0 Å². The van der Waals surface area contributed by atoms with Gasteiger partial charge >= 0.3 is 6.09 Å². The smallest absolute Gasteiger partial charge is 0.407 e. The number of benzene rings is 1. The van der Waals surface area contributed by atoms with E-state index in [1.165, 1.54) is 0 Å². The lowest BCUT2D eigenvalue weighted by Gasteiger charge is -2.29. The van der Waals surface area contributed by atoms with Crippen LogP contribution in [0.3, 0.4) is 0 Å². The maximum Gasteiger partial charge on any atom is 0.407 e. The molecular weight excluding hydrogens is 302 g/mol. The highest BCUT2D eigenvalue weighted by molar-refractivity contribution is 5.75. The first-order valence-electron chi connectivity index (χ1n) is 8.53. The number of fused-ring (bicyclic) bond motifs is 3. The van der Waals surface area contributed by atoms with Gasteiger partial charge in [-0.05, 0) is 51.2 Å². The molecule has 1 aromatic carbocycles. The summed E-state index contributed by atoms with van der Waals surface area (Å²) in [5.41, 5.74) is 1.51. The molecule has 1 aromatic heterocycles. The van der Waals surface area contributed by atoms with Gasteiger partial charge in [-0.2, -0.15) is 0 Å². The van der Waals surface area contributed by atoms with Crippen LogP contribution in [0.2, 0.25) is 0 Å². The summed E-state index contributed by atoms with van der Waals surface area (Å²) in [6.07, 6.45) is 5.18. The second-order valence-electron chi connectivity index (χ2n) is 7.79. The van der Waals surface area contributed by atoms with Crippen molar-refractivity contribution in [2.24, 2.45) is 11.8 Å². The van der Waals surface area contributed by atoms with Crippen molar-refractivity contribution in [1.29, 1.82) is 0 Å². The van der Waals surface area contributed by atoms with Crippen LogP contribution >= 0.6 is 0 Å². The molecule has 4 rings (SSSR count). The van der Waals surface area contributed by atoms with Crippen LogP contribution in [0, 0.1) is 11.8 Å². The minimum absolute atomic E-state index is 0.0235. The number of H-pyrrole nitrogens is 1. The van der Waals surface area contributed by atoms with Crippen molar-refractivity contribution in [2.75, 3.05) is 0 Å². The molecule has 2 N–H and O–H groups in total. The van der Waals surface area contributed by atoms with Crippen LogP contribution in [0.5, 0.6) is 0 Å². The third-order valence-electron chi connectivity index (χ3n) is 4.87. The number of alkyl carbamates (subject to hydrolysis) is 1. The molecule has 2 bridgehead atoms. The first-order chi connectivity index (χ1) is 11.4. The van der Waals surface area contributed by atoms with Crippen molar-refractivity contribution >= 4 is 17.1 Å². The Bertz CT molecular complexity index is 769. The average molecular weight is 325 g/mol. The number of aromatic nitrogens is 2. The summed E-state index contributed by atoms with van der Waals surface area (Å²) in [5.74, 6) is 1.88. The van der Waals surface area contributed by atoms with E-state index in [2.05, 4.69) is 22.5 Å². The normalized spacial score (nSPS) is 28.5. The van der Waals surface area contributed by atoms with E-state index in [9.17, 15) is 4.79 Å². The highest BCUT2D eigenvalue weighted by Crippen LogP contribution is 2.48. The summed E-state index contributed by atoms with van der Waals surface area (Å²) in [7, 11) is 0. The third-order valence-corrected chi connectivity index (χ3v) is 4.87. The van der Waals surface area contributed by atoms with E-state index in [0.717, 1.165) is 23.3 Å². The molecule has 0 radical (unpaired) electrons. The second kappa shape index (κ2) is 5.36. The van der Waals surface area contributed by atoms with Crippen LogP contribution in [-0.2, 0) is 4.74 Å². The van der Waals surface area contributed by atoms with Crippen LogP contribution in [0.15, 0.2) is 36.4 Å². The van der Waals surface area contributed by atoms with E-state index in [1.54, 1.807) is 0 Å². The molecule has 2 aromatic rings. The number of aromatic amines is 1. The third kappa shape index (κ3) is 2.68. The summed E-state index contributed by atoms with van der Waals surface area (Å²) in [6.45, 7) is 5.64. The molecular formula is C19H23N3O2. The van der Waals surface area contributed by atoms with E-state index in [4.69, 9.17) is 9.72 Å². The molecule has 5 heteroatoms. The summed E-state index contributed by atoms with van der Waals surface area (Å²) >= 11 is 0. The molecule has 5 nitrogen and oxygen atoms in total. The van der Waals surface area contributed by atoms with Crippen molar-refractivity contribution < 1.29 is 9.53 Å². The van der Waals surface area contributed by atoms with E-state index in [0.29, 0.717) is 11.8 Å². The van der Waals surface area contributed by atoms with E-state index in [-0.39, 0.29) is 18.1 Å². The number of hydrogen-bond acceptors (Lipinski definition) is 3. The number of allylic oxidation sites excluding steroid dienone is 1. The van der Waals surface area contributed by atoms with Gasteiger partial charge in [-0.1, -0.05) is 24.3 Å². The first kappa shape index (κ1) is 15.2.